The lowest BCUT2D eigenvalue weighted by Gasteiger charge is -2.54. The van der Waals surface area contributed by atoms with Crippen molar-refractivity contribution in [2.75, 3.05) is 56.2 Å². The topological polar surface area (TPSA) is 19.0 Å². The van der Waals surface area contributed by atoms with Gasteiger partial charge in [-0.15, -0.1) is 0 Å². The van der Waals surface area contributed by atoms with Gasteiger partial charge in [-0.1, -0.05) is 19.1 Å². The monoisotopic (exact) mass is 395 g/mol. The van der Waals surface area contributed by atoms with Gasteiger partial charge in [0.1, 0.15) is 18.2 Å². The van der Waals surface area contributed by atoms with Crippen LogP contribution in [0.2, 0.25) is 0 Å². The van der Waals surface area contributed by atoms with Crippen molar-refractivity contribution in [2.45, 2.75) is 31.2 Å². The third kappa shape index (κ3) is 2.74. The van der Waals surface area contributed by atoms with E-state index in [1.165, 1.54) is 29.1 Å². The average Bonchev–Trinajstić information content (AvgIpc) is 2.91. The van der Waals surface area contributed by atoms with E-state index in [2.05, 4.69) is 53.8 Å². The summed E-state index contributed by atoms with van der Waals surface area (Å²) in [6, 6.07) is 13.1. The first-order valence-corrected chi connectivity index (χ1v) is 10.7. The van der Waals surface area contributed by atoms with Gasteiger partial charge in [0.2, 0.25) is 0 Å². The molecule has 0 spiro atoms. The number of likely N-dealkylation sites (N-methyl/N-ethyl adjacent to an activating group) is 1. The van der Waals surface area contributed by atoms with Crippen LogP contribution >= 0.6 is 0 Å². The van der Waals surface area contributed by atoms with Crippen LogP contribution in [-0.4, -0.2) is 56.8 Å². The summed E-state index contributed by atoms with van der Waals surface area (Å²) >= 11 is 0. The Kier molecular flexibility index (Phi) is 4.28. The predicted octanol–water partition coefficient (Wildman–Crippen LogP) is 3.90. The van der Waals surface area contributed by atoms with Crippen molar-refractivity contribution in [3.63, 3.8) is 0 Å². The molecule has 5 rings (SSSR count). The number of hydrogen-bond donors (Lipinski definition) is 0. The van der Waals surface area contributed by atoms with E-state index in [0.29, 0.717) is 6.61 Å². The smallest absolute Gasteiger partial charge is 0.123 e. The van der Waals surface area contributed by atoms with Gasteiger partial charge in [0, 0.05) is 50.7 Å². The minimum Gasteiger partial charge on any atom is -0.492 e. The molecule has 154 valence electrons. The fourth-order valence-electron chi connectivity index (χ4n) is 5.71. The van der Waals surface area contributed by atoms with Crippen LogP contribution in [0.1, 0.15) is 25.8 Å². The molecule has 3 aliphatic heterocycles. The average molecular weight is 396 g/mol. The van der Waals surface area contributed by atoms with Crippen LogP contribution in [0.25, 0.3) is 0 Å². The second-order valence-corrected chi connectivity index (χ2v) is 9.18. The summed E-state index contributed by atoms with van der Waals surface area (Å²) in [4.78, 5) is 7.63. The molecule has 3 heterocycles. The van der Waals surface area contributed by atoms with Gasteiger partial charge in [-0.3, -0.25) is 4.90 Å². The maximum atomic E-state index is 13.1. The number of hydrogen-bond acceptors (Lipinski definition) is 4. The van der Waals surface area contributed by atoms with E-state index in [1.807, 2.05) is 0 Å². The summed E-state index contributed by atoms with van der Waals surface area (Å²) in [6.45, 7) is 10.7. The number of likely N-dealkylation sites (tertiary alicyclic amines) is 1. The molecule has 0 aliphatic carbocycles. The minimum absolute atomic E-state index is 0.0949. The number of anilines is 2. The molecule has 2 aromatic rings. The van der Waals surface area contributed by atoms with E-state index in [1.54, 1.807) is 12.1 Å². The predicted molar refractivity (Wildman–Crippen MR) is 116 cm³/mol. The van der Waals surface area contributed by atoms with Crippen LogP contribution in [0.5, 0.6) is 5.75 Å². The molecule has 1 fully saturated rings. The molecule has 2 atom stereocenters. The van der Waals surface area contributed by atoms with Crippen LogP contribution in [-0.2, 0) is 5.41 Å². The van der Waals surface area contributed by atoms with Gasteiger partial charge >= 0.3 is 0 Å². The number of nitrogens with zero attached hydrogens (tertiary/aromatic N) is 3. The van der Waals surface area contributed by atoms with Gasteiger partial charge in [0.05, 0.1) is 11.4 Å². The van der Waals surface area contributed by atoms with Crippen molar-refractivity contribution >= 4 is 11.4 Å². The lowest BCUT2D eigenvalue weighted by atomic mass is 9.65. The van der Waals surface area contributed by atoms with E-state index >= 15 is 0 Å². The van der Waals surface area contributed by atoms with Crippen molar-refractivity contribution < 1.29 is 9.13 Å². The number of fused-ring (bicyclic) bond motifs is 3. The molecule has 0 unspecified atom stereocenters. The maximum Gasteiger partial charge on any atom is 0.123 e. The molecule has 5 heteroatoms. The lowest BCUT2D eigenvalue weighted by Crippen LogP contribution is -2.64. The van der Waals surface area contributed by atoms with Gasteiger partial charge in [0.25, 0.3) is 0 Å². The first-order chi connectivity index (χ1) is 13.9. The van der Waals surface area contributed by atoms with E-state index in [9.17, 15) is 4.39 Å². The largest absolute Gasteiger partial charge is 0.492 e. The Bertz CT molecular complexity index is 917. The zero-order valence-corrected chi connectivity index (χ0v) is 17.6. The van der Waals surface area contributed by atoms with Gasteiger partial charge in [-0.2, -0.15) is 0 Å². The van der Waals surface area contributed by atoms with Crippen molar-refractivity contribution in [3.05, 3.63) is 53.8 Å². The van der Waals surface area contributed by atoms with Crippen LogP contribution in [0.15, 0.2) is 42.5 Å². The third-order valence-corrected chi connectivity index (χ3v) is 7.68. The van der Waals surface area contributed by atoms with E-state index in [-0.39, 0.29) is 16.8 Å². The molecule has 3 aliphatic rings. The van der Waals surface area contributed by atoms with Gasteiger partial charge in [-0.05, 0) is 49.2 Å². The van der Waals surface area contributed by atoms with E-state index in [4.69, 9.17) is 4.74 Å². The summed E-state index contributed by atoms with van der Waals surface area (Å²) in [5.41, 5.74) is 4.57. The number of ether oxygens (including phenoxy) is 1. The van der Waals surface area contributed by atoms with Crippen molar-refractivity contribution in [2.24, 2.45) is 0 Å². The Morgan fingerprint density at radius 2 is 1.83 bits per heavy atom. The highest BCUT2D eigenvalue weighted by Gasteiger charge is 2.59. The Morgan fingerprint density at radius 1 is 1.03 bits per heavy atom. The van der Waals surface area contributed by atoms with Crippen LogP contribution < -0.4 is 14.5 Å². The Hall–Kier alpha value is -2.27. The molecule has 0 radical (unpaired) electrons. The maximum absolute atomic E-state index is 13.1. The Morgan fingerprint density at radius 3 is 2.62 bits per heavy atom. The number of rotatable bonds is 4. The van der Waals surface area contributed by atoms with Crippen molar-refractivity contribution in [3.8, 4) is 5.75 Å². The van der Waals surface area contributed by atoms with Crippen molar-refractivity contribution in [1.82, 2.24) is 4.90 Å². The molecular weight excluding hydrogens is 365 g/mol. The quantitative estimate of drug-likeness (QED) is 0.782. The highest BCUT2D eigenvalue weighted by atomic mass is 19.1. The highest BCUT2D eigenvalue weighted by Crippen LogP contribution is 2.58. The number of para-hydroxylation sites is 1. The van der Waals surface area contributed by atoms with Crippen molar-refractivity contribution in [1.29, 1.82) is 0 Å². The molecule has 0 bridgehead atoms. The molecule has 0 N–H and O–H groups in total. The SMILES string of the molecule is CN1CCN2c3c1cccc3[C@]1(C)CN(CCOc3ccc(F)cc3)CC[C@]21C. The second kappa shape index (κ2) is 6.63. The standard InChI is InChI=1S/C24H30FN3O/c1-23-17-27(15-16-29-19-9-7-18(25)8-10-19)12-11-24(23,2)28-14-13-26(3)21-6-4-5-20(23)22(21)28/h4-10H,11-17H2,1-3H3/t23-,24-/m0/s1. The molecule has 0 amide bonds. The normalized spacial score (nSPS) is 28.3. The second-order valence-electron chi connectivity index (χ2n) is 9.18. The third-order valence-electron chi connectivity index (χ3n) is 7.68. The highest BCUT2D eigenvalue weighted by molar-refractivity contribution is 5.83. The Balaban J connectivity index is 1.35. The molecule has 1 saturated heterocycles. The zero-order valence-electron chi connectivity index (χ0n) is 17.6. The summed E-state index contributed by atoms with van der Waals surface area (Å²) in [7, 11) is 2.21. The van der Waals surface area contributed by atoms with Crippen LogP contribution in [0.4, 0.5) is 15.8 Å². The van der Waals surface area contributed by atoms with E-state index in [0.717, 1.165) is 44.9 Å². The first-order valence-electron chi connectivity index (χ1n) is 10.7. The molecule has 0 aromatic heterocycles. The Labute approximate surface area is 172 Å². The van der Waals surface area contributed by atoms with Crippen LogP contribution in [0, 0.1) is 5.82 Å². The molecule has 4 nitrogen and oxygen atoms in total. The minimum atomic E-state index is -0.229. The summed E-state index contributed by atoms with van der Waals surface area (Å²) in [5, 5.41) is 0. The van der Waals surface area contributed by atoms with Gasteiger partial charge in [0.15, 0.2) is 0 Å². The van der Waals surface area contributed by atoms with Crippen LogP contribution in [0.3, 0.4) is 0 Å². The molecule has 0 saturated carbocycles. The number of piperidine rings is 1. The zero-order chi connectivity index (χ0) is 20.2. The number of halogens is 1. The summed E-state index contributed by atoms with van der Waals surface area (Å²) < 4.78 is 18.9. The summed E-state index contributed by atoms with van der Waals surface area (Å²) in [5.74, 6) is 0.503. The number of benzene rings is 2. The molecular formula is C24H30FN3O. The molecule has 2 aromatic carbocycles. The van der Waals surface area contributed by atoms with E-state index < -0.39 is 0 Å². The first kappa shape index (κ1) is 18.7. The summed E-state index contributed by atoms with van der Waals surface area (Å²) in [6.07, 6.45) is 1.15. The molecule has 29 heavy (non-hydrogen) atoms. The fourth-order valence-corrected chi connectivity index (χ4v) is 5.71. The lowest BCUT2D eigenvalue weighted by molar-refractivity contribution is 0.0791. The van der Waals surface area contributed by atoms with Gasteiger partial charge < -0.3 is 14.5 Å². The fraction of sp³-hybridized carbons (Fsp3) is 0.500. The van der Waals surface area contributed by atoms with Gasteiger partial charge in [-0.25, -0.2) is 4.39 Å².